The standard InChI is InChI=1S/C15H20N2O/c1-3-12(2)11-15(18)14-9-10-16-17(14)13-7-5-4-6-8-13/h4-10,12,15,18H,3,11H2,1-2H3. The van der Waals surface area contributed by atoms with E-state index in [1.165, 1.54) is 0 Å². The molecule has 0 aliphatic rings. The molecule has 0 bridgehead atoms. The number of aliphatic hydroxyl groups excluding tert-OH is 1. The zero-order chi connectivity index (χ0) is 13.0. The van der Waals surface area contributed by atoms with Crippen molar-refractivity contribution in [2.24, 2.45) is 5.92 Å². The molecule has 0 saturated carbocycles. The molecule has 2 atom stereocenters. The number of aliphatic hydroxyl groups is 1. The van der Waals surface area contributed by atoms with Gasteiger partial charge in [-0.15, -0.1) is 0 Å². The Morgan fingerprint density at radius 3 is 2.61 bits per heavy atom. The summed E-state index contributed by atoms with van der Waals surface area (Å²) in [5, 5.41) is 14.6. The molecule has 1 aromatic heterocycles. The summed E-state index contributed by atoms with van der Waals surface area (Å²) in [4.78, 5) is 0. The van der Waals surface area contributed by atoms with Crippen LogP contribution in [0.1, 0.15) is 38.5 Å². The van der Waals surface area contributed by atoms with Gasteiger partial charge >= 0.3 is 0 Å². The first-order valence-corrected chi connectivity index (χ1v) is 6.49. The van der Waals surface area contributed by atoms with Gasteiger partial charge in [0.15, 0.2) is 0 Å². The lowest BCUT2D eigenvalue weighted by atomic mass is 9.99. The van der Waals surface area contributed by atoms with Crippen molar-refractivity contribution in [3.63, 3.8) is 0 Å². The van der Waals surface area contributed by atoms with Crippen LogP contribution in [0.3, 0.4) is 0 Å². The molecule has 0 saturated heterocycles. The third kappa shape index (κ3) is 2.79. The largest absolute Gasteiger partial charge is 0.387 e. The minimum absolute atomic E-state index is 0.456. The fourth-order valence-corrected chi connectivity index (χ4v) is 2.02. The van der Waals surface area contributed by atoms with Crippen LogP contribution in [0.4, 0.5) is 0 Å². The van der Waals surface area contributed by atoms with Crippen molar-refractivity contribution in [2.45, 2.75) is 32.8 Å². The van der Waals surface area contributed by atoms with E-state index in [1.54, 1.807) is 6.20 Å². The first-order valence-electron chi connectivity index (χ1n) is 6.49. The van der Waals surface area contributed by atoms with Crippen LogP contribution in [0.2, 0.25) is 0 Å². The van der Waals surface area contributed by atoms with Gasteiger partial charge in [-0.3, -0.25) is 0 Å². The van der Waals surface area contributed by atoms with Crippen LogP contribution < -0.4 is 0 Å². The van der Waals surface area contributed by atoms with Crippen LogP contribution in [0.15, 0.2) is 42.6 Å². The minimum Gasteiger partial charge on any atom is -0.387 e. The Morgan fingerprint density at radius 1 is 1.22 bits per heavy atom. The number of hydrogen-bond acceptors (Lipinski definition) is 2. The predicted octanol–water partition coefficient (Wildman–Crippen LogP) is 3.34. The van der Waals surface area contributed by atoms with E-state index in [0.717, 1.165) is 24.2 Å². The van der Waals surface area contributed by atoms with Gasteiger partial charge in [-0.25, -0.2) is 4.68 Å². The molecule has 0 radical (unpaired) electrons. The predicted molar refractivity (Wildman–Crippen MR) is 72.6 cm³/mol. The highest BCUT2D eigenvalue weighted by molar-refractivity contribution is 5.32. The van der Waals surface area contributed by atoms with Crippen LogP contribution >= 0.6 is 0 Å². The second-order valence-electron chi connectivity index (χ2n) is 4.77. The monoisotopic (exact) mass is 244 g/mol. The molecule has 1 N–H and O–H groups in total. The molecule has 0 fully saturated rings. The summed E-state index contributed by atoms with van der Waals surface area (Å²) in [6.45, 7) is 4.30. The Balaban J connectivity index is 2.23. The summed E-state index contributed by atoms with van der Waals surface area (Å²) in [5.41, 5.74) is 1.85. The van der Waals surface area contributed by atoms with Crippen molar-refractivity contribution in [3.8, 4) is 5.69 Å². The number of hydrogen-bond donors (Lipinski definition) is 1. The maximum atomic E-state index is 10.3. The van der Waals surface area contributed by atoms with Crippen LogP contribution in [0.5, 0.6) is 0 Å². The Bertz CT molecular complexity index is 478. The van der Waals surface area contributed by atoms with E-state index in [-0.39, 0.29) is 0 Å². The van der Waals surface area contributed by atoms with Crippen LogP contribution in [-0.2, 0) is 0 Å². The van der Waals surface area contributed by atoms with Gasteiger partial charge < -0.3 is 5.11 Å². The zero-order valence-corrected chi connectivity index (χ0v) is 11.0. The second kappa shape index (κ2) is 5.83. The molecule has 0 amide bonds. The highest BCUT2D eigenvalue weighted by atomic mass is 16.3. The number of para-hydroxylation sites is 1. The quantitative estimate of drug-likeness (QED) is 0.876. The number of benzene rings is 1. The van der Waals surface area contributed by atoms with E-state index in [2.05, 4.69) is 18.9 Å². The molecule has 0 spiro atoms. The van der Waals surface area contributed by atoms with Gasteiger partial charge in [-0.2, -0.15) is 5.10 Å². The van der Waals surface area contributed by atoms with Gasteiger partial charge in [-0.1, -0.05) is 38.5 Å². The van der Waals surface area contributed by atoms with Crippen molar-refractivity contribution in [2.75, 3.05) is 0 Å². The average Bonchev–Trinajstić information content (AvgIpc) is 2.88. The summed E-state index contributed by atoms with van der Waals surface area (Å²) in [5.74, 6) is 0.513. The van der Waals surface area contributed by atoms with E-state index in [4.69, 9.17) is 0 Å². The number of rotatable bonds is 5. The Kier molecular flexibility index (Phi) is 4.15. The minimum atomic E-state index is -0.456. The molecule has 18 heavy (non-hydrogen) atoms. The van der Waals surface area contributed by atoms with E-state index >= 15 is 0 Å². The Labute approximate surface area is 108 Å². The molecule has 96 valence electrons. The molecular formula is C15H20N2O. The molecule has 0 aliphatic heterocycles. The maximum Gasteiger partial charge on any atom is 0.0963 e. The van der Waals surface area contributed by atoms with E-state index in [1.807, 2.05) is 41.1 Å². The van der Waals surface area contributed by atoms with Gasteiger partial charge in [-0.05, 0) is 30.5 Å². The fraction of sp³-hybridized carbons (Fsp3) is 0.400. The average molecular weight is 244 g/mol. The lowest BCUT2D eigenvalue weighted by Gasteiger charge is -2.16. The third-order valence-corrected chi connectivity index (χ3v) is 3.34. The van der Waals surface area contributed by atoms with E-state index in [9.17, 15) is 5.11 Å². The summed E-state index contributed by atoms with van der Waals surface area (Å²) in [6, 6.07) is 11.8. The van der Waals surface area contributed by atoms with Gasteiger partial charge in [0, 0.05) is 6.20 Å². The van der Waals surface area contributed by atoms with Crippen LogP contribution in [0, 0.1) is 5.92 Å². The molecule has 3 heteroatoms. The van der Waals surface area contributed by atoms with Crippen LogP contribution in [-0.4, -0.2) is 14.9 Å². The first-order chi connectivity index (χ1) is 8.72. The summed E-state index contributed by atoms with van der Waals surface area (Å²) >= 11 is 0. The molecule has 0 aliphatic carbocycles. The molecular weight excluding hydrogens is 224 g/mol. The van der Waals surface area contributed by atoms with Gasteiger partial charge in [0.25, 0.3) is 0 Å². The van der Waals surface area contributed by atoms with Crippen molar-refractivity contribution in [3.05, 3.63) is 48.3 Å². The Morgan fingerprint density at radius 2 is 1.94 bits per heavy atom. The first kappa shape index (κ1) is 12.8. The lowest BCUT2D eigenvalue weighted by molar-refractivity contribution is 0.139. The summed E-state index contributed by atoms with van der Waals surface area (Å²) < 4.78 is 1.81. The summed E-state index contributed by atoms with van der Waals surface area (Å²) in [6.07, 6.45) is 3.14. The highest BCUT2D eigenvalue weighted by Gasteiger charge is 2.16. The van der Waals surface area contributed by atoms with Crippen LogP contribution in [0.25, 0.3) is 5.69 Å². The Hall–Kier alpha value is -1.61. The molecule has 1 heterocycles. The van der Waals surface area contributed by atoms with E-state index < -0.39 is 6.10 Å². The molecule has 3 nitrogen and oxygen atoms in total. The van der Waals surface area contributed by atoms with Gasteiger partial charge in [0.05, 0.1) is 17.5 Å². The molecule has 2 unspecified atom stereocenters. The van der Waals surface area contributed by atoms with Crippen molar-refractivity contribution < 1.29 is 5.11 Å². The number of aromatic nitrogens is 2. The topological polar surface area (TPSA) is 38.1 Å². The van der Waals surface area contributed by atoms with Gasteiger partial charge in [0.2, 0.25) is 0 Å². The van der Waals surface area contributed by atoms with Crippen molar-refractivity contribution in [1.29, 1.82) is 0 Å². The molecule has 2 aromatic rings. The number of nitrogens with zero attached hydrogens (tertiary/aromatic N) is 2. The van der Waals surface area contributed by atoms with Gasteiger partial charge in [0.1, 0.15) is 0 Å². The third-order valence-electron chi connectivity index (χ3n) is 3.34. The smallest absolute Gasteiger partial charge is 0.0963 e. The summed E-state index contributed by atoms with van der Waals surface area (Å²) in [7, 11) is 0. The van der Waals surface area contributed by atoms with Crippen molar-refractivity contribution in [1.82, 2.24) is 9.78 Å². The SMILES string of the molecule is CCC(C)CC(O)c1ccnn1-c1ccccc1. The zero-order valence-electron chi connectivity index (χ0n) is 11.0. The fourth-order valence-electron chi connectivity index (χ4n) is 2.02. The van der Waals surface area contributed by atoms with E-state index in [0.29, 0.717) is 5.92 Å². The lowest BCUT2D eigenvalue weighted by Crippen LogP contribution is -2.10. The maximum absolute atomic E-state index is 10.3. The molecule has 2 rings (SSSR count). The normalized spacial score (nSPS) is 14.4. The molecule has 1 aromatic carbocycles. The second-order valence-corrected chi connectivity index (χ2v) is 4.77. The van der Waals surface area contributed by atoms with Crippen molar-refractivity contribution >= 4 is 0 Å². The highest BCUT2D eigenvalue weighted by Crippen LogP contribution is 2.24.